The van der Waals surface area contributed by atoms with Crippen LogP contribution in [0.1, 0.15) is 33.1 Å². The molecule has 2 amide bonds. The number of nitrogens with zero attached hydrogens (tertiary/aromatic N) is 1. The monoisotopic (exact) mass is 628 g/mol. The summed E-state index contributed by atoms with van der Waals surface area (Å²) in [4.78, 5) is 38.9. The molecule has 0 radical (unpaired) electrons. The fraction of sp³-hybridized carbons (Fsp3) is 0.167. The van der Waals surface area contributed by atoms with Crippen molar-refractivity contribution in [3.05, 3.63) is 108 Å². The van der Waals surface area contributed by atoms with Gasteiger partial charge in [-0.1, -0.05) is 31.4 Å². The molecule has 0 aliphatic heterocycles. The third-order valence-corrected chi connectivity index (χ3v) is 5.59. The number of nitrogens with two attached hydrogens (primary N) is 1. The number of carboxylic acids is 1. The molecular weight excluding hydrogens is 597 g/mol. The van der Waals surface area contributed by atoms with E-state index in [0.29, 0.717) is 39.4 Å². The number of hydrazine groups is 1. The molecule has 3 aromatic rings. The van der Waals surface area contributed by atoms with Crippen molar-refractivity contribution in [1.29, 1.82) is 5.41 Å². The van der Waals surface area contributed by atoms with Crippen molar-refractivity contribution in [2.24, 2.45) is 5.73 Å². The summed E-state index contributed by atoms with van der Waals surface area (Å²) in [7, 11) is 0. The van der Waals surface area contributed by atoms with Crippen LogP contribution in [0.3, 0.4) is 0 Å². The SMILES string of the molecule is C=CCOc1ccc(C(Nc2ccc(C(=N)N)cc2)C(=O)NNC(=O)c2ccncc2C)cc1OCC=C.O=C(O)C(F)(F)F. The number of aromatic nitrogens is 1. The second-order valence-corrected chi connectivity index (χ2v) is 8.91. The summed E-state index contributed by atoms with van der Waals surface area (Å²) in [5.41, 5.74) is 13.2. The minimum Gasteiger partial charge on any atom is -0.486 e. The van der Waals surface area contributed by atoms with Gasteiger partial charge in [-0.05, 0) is 60.5 Å². The fourth-order valence-corrected chi connectivity index (χ4v) is 3.43. The molecule has 0 aliphatic carbocycles. The number of hydrogen-bond donors (Lipinski definition) is 6. The number of halogens is 3. The molecular formula is C30H31F3N6O6. The first kappa shape index (κ1) is 35.3. The predicted octanol–water partition coefficient (Wildman–Crippen LogP) is 4.05. The van der Waals surface area contributed by atoms with Gasteiger partial charge in [-0.2, -0.15) is 13.2 Å². The van der Waals surface area contributed by atoms with Crippen LogP contribution in [0.25, 0.3) is 0 Å². The van der Waals surface area contributed by atoms with E-state index >= 15 is 0 Å². The molecule has 0 fully saturated rings. The number of aryl methyl sites for hydroxylation is 1. The van der Waals surface area contributed by atoms with Gasteiger partial charge in [-0.25, -0.2) is 4.79 Å². The van der Waals surface area contributed by atoms with Crippen LogP contribution in [0.4, 0.5) is 18.9 Å². The molecule has 45 heavy (non-hydrogen) atoms. The highest BCUT2D eigenvalue weighted by Gasteiger charge is 2.38. The lowest BCUT2D eigenvalue weighted by Gasteiger charge is -2.22. The number of aliphatic carboxylic acids is 1. The smallest absolute Gasteiger partial charge is 0.486 e. The number of pyridine rings is 1. The molecule has 1 atom stereocenters. The summed E-state index contributed by atoms with van der Waals surface area (Å²) in [5.74, 6) is -2.96. The van der Waals surface area contributed by atoms with Crippen LogP contribution in [0.15, 0.2) is 86.2 Å². The molecule has 1 aromatic heterocycles. The van der Waals surface area contributed by atoms with Crippen LogP contribution in [0, 0.1) is 12.3 Å². The Balaban J connectivity index is 0.000000900. The zero-order valence-electron chi connectivity index (χ0n) is 24.0. The third-order valence-electron chi connectivity index (χ3n) is 5.59. The summed E-state index contributed by atoms with van der Waals surface area (Å²) >= 11 is 0. The Labute approximate surface area is 256 Å². The normalized spacial score (nSPS) is 11.0. The van der Waals surface area contributed by atoms with Crippen LogP contribution >= 0.6 is 0 Å². The van der Waals surface area contributed by atoms with Crippen LogP contribution in [0.5, 0.6) is 11.5 Å². The summed E-state index contributed by atoms with van der Waals surface area (Å²) < 4.78 is 43.2. The highest BCUT2D eigenvalue weighted by atomic mass is 19.4. The topological polar surface area (TPSA) is 189 Å². The van der Waals surface area contributed by atoms with Crippen molar-refractivity contribution < 1.29 is 42.1 Å². The number of carboxylic acid groups (broad SMARTS) is 1. The van der Waals surface area contributed by atoms with Crippen LogP contribution in [0.2, 0.25) is 0 Å². The zero-order chi connectivity index (χ0) is 33.6. The summed E-state index contributed by atoms with van der Waals surface area (Å²) in [5, 5.41) is 17.9. The molecule has 0 spiro atoms. The summed E-state index contributed by atoms with van der Waals surface area (Å²) in [6.07, 6.45) is 1.19. The predicted molar refractivity (Wildman–Crippen MR) is 160 cm³/mol. The molecule has 1 heterocycles. The van der Waals surface area contributed by atoms with E-state index in [1.807, 2.05) is 0 Å². The maximum Gasteiger partial charge on any atom is 0.490 e. The van der Waals surface area contributed by atoms with Crippen molar-refractivity contribution >= 4 is 29.3 Å². The third kappa shape index (κ3) is 11.1. The van der Waals surface area contributed by atoms with Gasteiger partial charge in [0.1, 0.15) is 25.1 Å². The molecule has 15 heteroatoms. The van der Waals surface area contributed by atoms with Crippen LogP contribution < -0.4 is 31.4 Å². The number of carbonyl (C=O) groups excluding carboxylic acids is 2. The Kier molecular flexibility index (Phi) is 13.1. The van der Waals surface area contributed by atoms with Gasteiger partial charge in [-0.3, -0.25) is 30.8 Å². The van der Waals surface area contributed by atoms with Crippen LogP contribution in [-0.4, -0.2) is 53.1 Å². The number of ether oxygens (including phenoxy) is 2. The molecule has 3 rings (SSSR count). The number of benzene rings is 2. The maximum absolute atomic E-state index is 13.4. The molecule has 238 valence electrons. The lowest BCUT2D eigenvalue weighted by molar-refractivity contribution is -0.192. The number of amidine groups is 1. The van der Waals surface area contributed by atoms with E-state index in [9.17, 15) is 22.8 Å². The van der Waals surface area contributed by atoms with Gasteiger partial charge in [0.2, 0.25) is 0 Å². The number of anilines is 1. The second-order valence-electron chi connectivity index (χ2n) is 8.91. The van der Waals surface area contributed by atoms with E-state index in [2.05, 4.69) is 34.3 Å². The lowest BCUT2D eigenvalue weighted by Crippen LogP contribution is -2.45. The molecule has 1 unspecified atom stereocenters. The fourth-order valence-electron chi connectivity index (χ4n) is 3.43. The van der Waals surface area contributed by atoms with E-state index in [4.69, 9.17) is 30.5 Å². The maximum atomic E-state index is 13.4. The van der Waals surface area contributed by atoms with Crippen LogP contribution in [-0.2, 0) is 9.59 Å². The van der Waals surface area contributed by atoms with Gasteiger partial charge in [0.25, 0.3) is 11.8 Å². The Bertz CT molecular complexity index is 1530. The Morgan fingerprint density at radius 3 is 2.16 bits per heavy atom. The van der Waals surface area contributed by atoms with E-state index in [-0.39, 0.29) is 19.0 Å². The van der Waals surface area contributed by atoms with Crippen molar-refractivity contribution in [3.63, 3.8) is 0 Å². The zero-order valence-corrected chi connectivity index (χ0v) is 24.0. The summed E-state index contributed by atoms with van der Waals surface area (Å²) in [6, 6.07) is 12.4. The minimum absolute atomic E-state index is 0.0703. The minimum atomic E-state index is -5.08. The van der Waals surface area contributed by atoms with Crippen molar-refractivity contribution in [3.8, 4) is 11.5 Å². The first-order valence-electron chi connectivity index (χ1n) is 12.9. The molecule has 2 aromatic carbocycles. The molecule has 7 N–H and O–H groups in total. The van der Waals surface area contributed by atoms with Gasteiger partial charge < -0.3 is 25.6 Å². The average molecular weight is 629 g/mol. The second kappa shape index (κ2) is 16.7. The Morgan fingerprint density at radius 2 is 1.62 bits per heavy atom. The van der Waals surface area contributed by atoms with Gasteiger partial charge in [0, 0.05) is 29.2 Å². The van der Waals surface area contributed by atoms with Gasteiger partial charge in [-0.15, -0.1) is 0 Å². The highest BCUT2D eigenvalue weighted by Crippen LogP contribution is 2.32. The molecule has 0 saturated heterocycles. The van der Waals surface area contributed by atoms with E-state index in [1.165, 1.54) is 6.20 Å². The standard InChI is InChI=1S/C28H30N6O4.C2HF3O2/c1-4-14-37-23-11-8-20(16-24(23)38-15-5-2)25(32-21-9-6-19(7-10-21)26(29)30)28(36)34-33-27(35)22-12-13-31-17-18(22)3;3-2(4,5)1(6)7/h4-13,16-17,25,32H,1-2,14-15H2,3H3,(H3,29,30)(H,33,35)(H,34,36);(H,6,7). The molecule has 0 aliphatic rings. The quantitative estimate of drug-likeness (QED) is 0.0744. The van der Waals surface area contributed by atoms with Gasteiger partial charge in [0.15, 0.2) is 11.5 Å². The number of nitrogens with one attached hydrogen (secondary N) is 4. The molecule has 12 nitrogen and oxygen atoms in total. The number of nitrogen functional groups attached to an aromatic ring is 1. The van der Waals surface area contributed by atoms with Crippen molar-refractivity contribution in [2.75, 3.05) is 18.5 Å². The van der Waals surface area contributed by atoms with E-state index in [1.54, 1.807) is 73.8 Å². The average Bonchev–Trinajstić information content (AvgIpc) is 3.00. The number of rotatable bonds is 12. The number of carbonyl (C=O) groups is 3. The van der Waals surface area contributed by atoms with Crippen molar-refractivity contribution in [1.82, 2.24) is 15.8 Å². The first-order chi connectivity index (χ1) is 21.3. The van der Waals surface area contributed by atoms with E-state index in [0.717, 1.165) is 0 Å². The van der Waals surface area contributed by atoms with Crippen molar-refractivity contribution in [2.45, 2.75) is 19.1 Å². The first-order valence-corrected chi connectivity index (χ1v) is 12.9. The highest BCUT2D eigenvalue weighted by molar-refractivity contribution is 5.97. The molecule has 0 saturated carbocycles. The number of hydrogen-bond acceptors (Lipinski definition) is 8. The van der Waals surface area contributed by atoms with Gasteiger partial charge >= 0.3 is 12.1 Å². The van der Waals surface area contributed by atoms with Gasteiger partial charge in [0.05, 0.1) is 0 Å². The largest absolute Gasteiger partial charge is 0.490 e. The van der Waals surface area contributed by atoms with E-state index < -0.39 is 30.0 Å². The molecule has 0 bridgehead atoms. The Hall–Kier alpha value is -5.86. The summed E-state index contributed by atoms with van der Waals surface area (Å²) in [6.45, 7) is 9.58. The lowest BCUT2D eigenvalue weighted by atomic mass is 10.0. The number of amides is 2. The number of alkyl halides is 3. The Morgan fingerprint density at radius 1 is 1.02 bits per heavy atom.